The summed E-state index contributed by atoms with van der Waals surface area (Å²) in [5.41, 5.74) is 0.229. The van der Waals surface area contributed by atoms with Gasteiger partial charge >= 0.3 is 0 Å². The highest BCUT2D eigenvalue weighted by Gasteiger charge is 2.12. The van der Waals surface area contributed by atoms with E-state index in [1.165, 1.54) is 42.7 Å². The predicted molar refractivity (Wildman–Crippen MR) is 89.3 cm³/mol. The Bertz CT molecular complexity index is 982. The number of hydrogen-bond acceptors (Lipinski definition) is 5. The van der Waals surface area contributed by atoms with Gasteiger partial charge in [0.15, 0.2) is 0 Å². The molecule has 132 valence electrons. The Morgan fingerprint density at radius 2 is 1.92 bits per heavy atom. The Kier molecular flexibility index (Phi) is 4.83. The van der Waals surface area contributed by atoms with E-state index < -0.39 is 23.2 Å². The van der Waals surface area contributed by atoms with Gasteiger partial charge in [-0.1, -0.05) is 0 Å². The number of H-pyrrole nitrogens is 1. The largest absolute Gasteiger partial charge is 0.342 e. The Labute approximate surface area is 145 Å². The van der Waals surface area contributed by atoms with Crippen LogP contribution in [0.2, 0.25) is 0 Å². The highest BCUT2D eigenvalue weighted by Crippen LogP contribution is 2.06. The molecule has 2 amide bonds. The van der Waals surface area contributed by atoms with E-state index in [0.29, 0.717) is 11.4 Å². The molecule has 0 aliphatic heterocycles. The average Bonchev–Trinajstić information content (AvgIpc) is 3.14. The van der Waals surface area contributed by atoms with Crippen LogP contribution in [0, 0.1) is 5.82 Å². The Morgan fingerprint density at radius 1 is 1.15 bits per heavy atom. The molecule has 1 aromatic carbocycles. The van der Waals surface area contributed by atoms with E-state index in [-0.39, 0.29) is 12.2 Å². The molecule has 0 aliphatic carbocycles. The van der Waals surface area contributed by atoms with Gasteiger partial charge in [-0.05, 0) is 30.3 Å². The highest BCUT2D eigenvalue weighted by molar-refractivity contribution is 5.98. The quantitative estimate of drug-likeness (QED) is 0.613. The van der Waals surface area contributed by atoms with Gasteiger partial charge in [0, 0.05) is 12.3 Å². The Balaban J connectivity index is 1.69. The van der Waals surface area contributed by atoms with Gasteiger partial charge in [-0.3, -0.25) is 19.5 Å². The predicted octanol–water partition coefficient (Wildman–Crippen LogP) is 0.463. The number of nitrogens with zero attached hydrogens (tertiary/aromatic N) is 3. The molecule has 3 N–H and O–H groups in total. The summed E-state index contributed by atoms with van der Waals surface area (Å²) in [4.78, 5) is 35.8. The summed E-state index contributed by atoms with van der Waals surface area (Å²) in [5, 5.41) is 15.1. The number of hydrogen-bond donors (Lipinski definition) is 3. The maximum Gasteiger partial charge on any atom is 0.272 e. The summed E-state index contributed by atoms with van der Waals surface area (Å²) in [5.74, 6) is -1.55. The lowest BCUT2D eigenvalue weighted by Gasteiger charge is -2.08. The Morgan fingerprint density at radius 3 is 2.62 bits per heavy atom. The molecule has 0 saturated heterocycles. The molecule has 0 unspecified atom stereocenters. The highest BCUT2D eigenvalue weighted by atomic mass is 19.1. The van der Waals surface area contributed by atoms with Gasteiger partial charge in [0.1, 0.15) is 11.5 Å². The van der Waals surface area contributed by atoms with Crippen molar-refractivity contribution < 1.29 is 14.0 Å². The van der Waals surface area contributed by atoms with E-state index in [2.05, 4.69) is 25.9 Å². The Hall–Kier alpha value is -3.82. The van der Waals surface area contributed by atoms with Crippen LogP contribution in [0.4, 0.5) is 10.1 Å². The lowest BCUT2D eigenvalue weighted by Crippen LogP contribution is -2.34. The number of halogens is 1. The lowest BCUT2D eigenvalue weighted by molar-refractivity contribution is -0.115. The van der Waals surface area contributed by atoms with Gasteiger partial charge in [-0.2, -0.15) is 14.9 Å². The third-order valence-corrected chi connectivity index (χ3v) is 3.30. The summed E-state index contributed by atoms with van der Waals surface area (Å²) < 4.78 is 14.0. The number of aromatic nitrogens is 4. The first-order chi connectivity index (χ1) is 12.5. The number of carbonyl (C=O) groups excluding carboxylic acids is 2. The number of amides is 2. The monoisotopic (exact) mass is 356 g/mol. The first kappa shape index (κ1) is 17.0. The molecular formula is C16H13FN6O3. The minimum atomic E-state index is -0.636. The van der Waals surface area contributed by atoms with Crippen molar-refractivity contribution in [1.29, 1.82) is 0 Å². The van der Waals surface area contributed by atoms with Crippen molar-refractivity contribution in [1.82, 2.24) is 25.3 Å². The fourth-order valence-electron chi connectivity index (χ4n) is 2.08. The fourth-order valence-corrected chi connectivity index (χ4v) is 2.08. The topological polar surface area (TPSA) is 122 Å². The number of anilines is 1. The number of rotatable bonds is 5. The number of nitrogens with one attached hydrogen (secondary N) is 3. The van der Waals surface area contributed by atoms with Crippen LogP contribution in [0.5, 0.6) is 0 Å². The molecule has 26 heavy (non-hydrogen) atoms. The molecule has 0 aliphatic rings. The average molecular weight is 356 g/mol. The zero-order valence-corrected chi connectivity index (χ0v) is 13.3. The molecule has 0 bridgehead atoms. The smallest absolute Gasteiger partial charge is 0.272 e. The second-order valence-corrected chi connectivity index (χ2v) is 5.16. The molecule has 3 rings (SSSR count). The van der Waals surface area contributed by atoms with E-state index in [0.717, 1.165) is 10.7 Å². The molecule has 0 atom stereocenters. The minimum Gasteiger partial charge on any atom is -0.342 e. The summed E-state index contributed by atoms with van der Waals surface area (Å²) in [7, 11) is 0. The normalized spacial score (nSPS) is 10.3. The van der Waals surface area contributed by atoms with E-state index in [9.17, 15) is 18.8 Å². The molecule has 2 aromatic heterocycles. The minimum absolute atomic E-state index is 0.0648. The van der Waals surface area contributed by atoms with Crippen LogP contribution < -0.4 is 16.2 Å². The zero-order chi connectivity index (χ0) is 18.5. The molecule has 10 heteroatoms. The van der Waals surface area contributed by atoms with Gasteiger partial charge in [0.25, 0.3) is 11.5 Å². The molecular weight excluding hydrogens is 343 g/mol. The van der Waals surface area contributed by atoms with Crippen LogP contribution in [-0.2, 0) is 4.79 Å². The molecule has 3 aromatic rings. The summed E-state index contributed by atoms with van der Waals surface area (Å²) in [6, 6.07) is 7.49. The number of carbonyl (C=O) groups is 2. The van der Waals surface area contributed by atoms with E-state index in [1.54, 1.807) is 0 Å². The van der Waals surface area contributed by atoms with Crippen molar-refractivity contribution in [3.63, 3.8) is 0 Å². The van der Waals surface area contributed by atoms with Crippen molar-refractivity contribution in [3.05, 3.63) is 70.7 Å². The summed E-state index contributed by atoms with van der Waals surface area (Å²) in [6.07, 6.45) is 2.90. The molecule has 0 spiro atoms. The zero-order valence-electron chi connectivity index (χ0n) is 13.3. The molecule has 0 saturated carbocycles. The number of aromatic amines is 1. The third kappa shape index (κ3) is 3.98. The van der Waals surface area contributed by atoms with E-state index >= 15 is 0 Å². The second-order valence-electron chi connectivity index (χ2n) is 5.16. The second kappa shape index (κ2) is 7.38. The lowest BCUT2D eigenvalue weighted by atomic mass is 10.3. The van der Waals surface area contributed by atoms with Gasteiger partial charge in [0.2, 0.25) is 5.91 Å². The third-order valence-electron chi connectivity index (χ3n) is 3.30. The summed E-state index contributed by atoms with van der Waals surface area (Å²) >= 11 is 0. The number of benzene rings is 1. The fraction of sp³-hybridized carbons (Fsp3) is 0.0625. The van der Waals surface area contributed by atoms with Crippen LogP contribution in [-0.4, -0.2) is 38.3 Å². The molecule has 0 radical (unpaired) electrons. The van der Waals surface area contributed by atoms with Crippen molar-refractivity contribution in [2.45, 2.75) is 0 Å². The van der Waals surface area contributed by atoms with Gasteiger partial charge in [-0.25, -0.2) is 4.39 Å². The molecule has 0 fully saturated rings. The van der Waals surface area contributed by atoms with Crippen molar-refractivity contribution in [2.75, 3.05) is 11.9 Å². The first-order valence-electron chi connectivity index (χ1n) is 7.46. The van der Waals surface area contributed by atoms with Crippen LogP contribution in [0.1, 0.15) is 10.5 Å². The van der Waals surface area contributed by atoms with E-state index in [1.807, 2.05) is 0 Å². The molecule has 2 heterocycles. The maximum atomic E-state index is 13.0. The van der Waals surface area contributed by atoms with Gasteiger partial charge in [0.05, 0.1) is 24.1 Å². The van der Waals surface area contributed by atoms with Crippen LogP contribution in [0.15, 0.2) is 53.6 Å². The van der Waals surface area contributed by atoms with Crippen LogP contribution in [0.3, 0.4) is 0 Å². The maximum absolute atomic E-state index is 13.0. The standard InChI is InChI=1S/C16H13FN6O3/c17-10-1-3-12(4-2-10)23-15(25)6-5-13(22-23)16(26)18-9-14(24)21-11-7-19-20-8-11/h1-8H,9H2,(H,18,26)(H,19,20)(H,21,24). The first-order valence-corrected chi connectivity index (χ1v) is 7.46. The SMILES string of the molecule is O=C(CNC(=O)c1ccc(=O)n(-c2ccc(F)cc2)n1)Nc1cn[nH]c1. The van der Waals surface area contributed by atoms with E-state index in [4.69, 9.17) is 0 Å². The van der Waals surface area contributed by atoms with Crippen LogP contribution in [0.25, 0.3) is 5.69 Å². The van der Waals surface area contributed by atoms with Crippen molar-refractivity contribution in [3.8, 4) is 5.69 Å². The molecule has 9 nitrogen and oxygen atoms in total. The van der Waals surface area contributed by atoms with Gasteiger partial charge in [-0.15, -0.1) is 0 Å². The van der Waals surface area contributed by atoms with Crippen molar-refractivity contribution in [2.24, 2.45) is 0 Å². The van der Waals surface area contributed by atoms with Crippen LogP contribution >= 0.6 is 0 Å². The van der Waals surface area contributed by atoms with Crippen molar-refractivity contribution >= 4 is 17.5 Å². The summed E-state index contributed by atoms with van der Waals surface area (Å²) in [6.45, 7) is -0.290. The van der Waals surface area contributed by atoms with Gasteiger partial charge < -0.3 is 10.6 Å².